The van der Waals surface area contributed by atoms with Crippen LogP contribution >= 0.6 is 23.2 Å². The van der Waals surface area contributed by atoms with Gasteiger partial charge in [0.2, 0.25) is 0 Å². The maximum absolute atomic E-state index is 13.3. The molecule has 3 aromatic rings. The van der Waals surface area contributed by atoms with Crippen molar-refractivity contribution in [1.82, 2.24) is 9.80 Å². The van der Waals surface area contributed by atoms with E-state index in [1.807, 2.05) is 0 Å². The van der Waals surface area contributed by atoms with Gasteiger partial charge in [-0.2, -0.15) is 0 Å². The Balaban J connectivity index is 1.44. The van der Waals surface area contributed by atoms with Crippen molar-refractivity contribution in [2.24, 2.45) is 0 Å². The van der Waals surface area contributed by atoms with Gasteiger partial charge in [-0.05, 0) is 48.0 Å². The van der Waals surface area contributed by atoms with Gasteiger partial charge in [-0.3, -0.25) is 14.5 Å². The average Bonchev–Trinajstić information content (AvgIpc) is 2.81. The smallest absolute Gasteiger partial charge is 0.254 e. The maximum Gasteiger partial charge on any atom is 0.254 e. The van der Waals surface area contributed by atoms with E-state index in [0.29, 0.717) is 59.5 Å². The number of halogens is 3. The van der Waals surface area contributed by atoms with Crippen molar-refractivity contribution in [3.05, 3.63) is 105 Å². The molecular formula is C25H21Cl2FN2O2. The Bertz CT molecular complexity index is 1140. The molecular weight excluding hydrogens is 450 g/mol. The first kappa shape index (κ1) is 22.5. The number of ketones is 1. The van der Waals surface area contributed by atoms with Crippen LogP contribution in [0.5, 0.6) is 0 Å². The molecule has 0 bridgehead atoms. The van der Waals surface area contributed by atoms with Gasteiger partial charge >= 0.3 is 0 Å². The standard InChI is InChI=1S/C25H21Cl2FN2O2/c26-19-8-5-17(6-9-19)24(31)21-3-1-2-4-22(21)25(32)30-13-11-29(12-14-30)16-18-7-10-20(28)15-23(18)27/h1-10,15H,11-14,16H2. The summed E-state index contributed by atoms with van der Waals surface area (Å²) >= 11 is 12.1. The highest BCUT2D eigenvalue weighted by molar-refractivity contribution is 6.31. The monoisotopic (exact) mass is 470 g/mol. The van der Waals surface area contributed by atoms with Crippen LogP contribution in [0.15, 0.2) is 66.7 Å². The van der Waals surface area contributed by atoms with Crippen LogP contribution in [0.2, 0.25) is 10.0 Å². The van der Waals surface area contributed by atoms with E-state index in [0.717, 1.165) is 5.56 Å². The molecule has 1 aliphatic rings. The molecule has 1 fully saturated rings. The fraction of sp³-hybridized carbons (Fsp3) is 0.200. The third-order valence-electron chi connectivity index (χ3n) is 5.58. The van der Waals surface area contributed by atoms with Gasteiger partial charge in [-0.25, -0.2) is 4.39 Å². The summed E-state index contributed by atoms with van der Waals surface area (Å²) in [5.41, 5.74) is 2.10. The van der Waals surface area contributed by atoms with E-state index in [-0.39, 0.29) is 17.5 Å². The zero-order valence-electron chi connectivity index (χ0n) is 17.2. The zero-order valence-corrected chi connectivity index (χ0v) is 18.7. The Morgan fingerprint density at radius 1 is 0.844 bits per heavy atom. The minimum atomic E-state index is -0.360. The summed E-state index contributed by atoms with van der Waals surface area (Å²) in [6.07, 6.45) is 0. The van der Waals surface area contributed by atoms with Crippen LogP contribution in [0.4, 0.5) is 4.39 Å². The lowest BCUT2D eigenvalue weighted by molar-refractivity contribution is 0.0625. The summed E-state index contributed by atoms with van der Waals surface area (Å²) in [4.78, 5) is 30.2. The molecule has 0 atom stereocenters. The maximum atomic E-state index is 13.3. The highest BCUT2D eigenvalue weighted by atomic mass is 35.5. The number of nitrogens with zero attached hydrogens (tertiary/aromatic N) is 2. The van der Waals surface area contributed by atoms with Crippen LogP contribution in [0, 0.1) is 5.82 Å². The van der Waals surface area contributed by atoms with E-state index in [2.05, 4.69) is 4.90 Å². The summed E-state index contributed by atoms with van der Waals surface area (Å²) in [7, 11) is 0. The number of hydrogen-bond acceptors (Lipinski definition) is 3. The Hall–Kier alpha value is -2.73. The van der Waals surface area contributed by atoms with Crippen LogP contribution in [0.3, 0.4) is 0 Å². The van der Waals surface area contributed by atoms with Gasteiger partial charge in [0, 0.05) is 53.9 Å². The van der Waals surface area contributed by atoms with Gasteiger partial charge in [0.1, 0.15) is 5.82 Å². The van der Waals surface area contributed by atoms with Gasteiger partial charge in [0.05, 0.1) is 5.56 Å². The number of piperazine rings is 1. The van der Waals surface area contributed by atoms with Crippen molar-refractivity contribution in [3.63, 3.8) is 0 Å². The van der Waals surface area contributed by atoms with E-state index in [1.54, 1.807) is 59.5 Å². The fourth-order valence-corrected chi connectivity index (χ4v) is 4.15. The van der Waals surface area contributed by atoms with Gasteiger partial charge in [0.15, 0.2) is 5.78 Å². The van der Waals surface area contributed by atoms with Crippen LogP contribution in [-0.2, 0) is 6.54 Å². The minimum Gasteiger partial charge on any atom is -0.336 e. The first-order valence-electron chi connectivity index (χ1n) is 10.3. The number of carbonyl (C=O) groups excluding carboxylic acids is 2. The summed E-state index contributed by atoms with van der Waals surface area (Å²) in [5.74, 6) is -0.737. The molecule has 1 saturated heterocycles. The van der Waals surface area contributed by atoms with Crippen LogP contribution in [0.1, 0.15) is 31.8 Å². The number of benzene rings is 3. The lowest BCUT2D eigenvalue weighted by Crippen LogP contribution is -2.48. The molecule has 3 aromatic carbocycles. The molecule has 1 amide bonds. The van der Waals surface area contributed by atoms with Gasteiger partial charge < -0.3 is 4.90 Å². The molecule has 1 heterocycles. The molecule has 1 aliphatic heterocycles. The predicted molar refractivity (Wildman–Crippen MR) is 124 cm³/mol. The Labute approximate surface area is 196 Å². The van der Waals surface area contributed by atoms with Crippen molar-refractivity contribution in [2.75, 3.05) is 26.2 Å². The van der Waals surface area contributed by atoms with Crippen molar-refractivity contribution in [1.29, 1.82) is 0 Å². The SMILES string of the molecule is O=C(c1ccc(Cl)cc1)c1ccccc1C(=O)N1CCN(Cc2ccc(F)cc2Cl)CC1. The molecule has 0 saturated carbocycles. The molecule has 32 heavy (non-hydrogen) atoms. The summed E-state index contributed by atoms with van der Waals surface area (Å²) in [6.45, 7) is 2.97. The number of carbonyl (C=O) groups is 2. The molecule has 4 nitrogen and oxygen atoms in total. The predicted octanol–water partition coefficient (Wildman–Crippen LogP) is 5.32. The summed E-state index contributed by atoms with van der Waals surface area (Å²) in [5, 5.41) is 0.948. The zero-order chi connectivity index (χ0) is 22.7. The van der Waals surface area contributed by atoms with Gasteiger partial charge in [0.25, 0.3) is 5.91 Å². The Kier molecular flexibility index (Phi) is 6.89. The first-order valence-corrected chi connectivity index (χ1v) is 11.0. The van der Waals surface area contributed by atoms with Crippen LogP contribution < -0.4 is 0 Å². The highest BCUT2D eigenvalue weighted by Crippen LogP contribution is 2.22. The number of rotatable bonds is 5. The summed E-state index contributed by atoms with van der Waals surface area (Å²) in [6, 6.07) is 17.9. The third-order valence-corrected chi connectivity index (χ3v) is 6.18. The van der Waals surface area contributed by atoms with E-state index < -0.39 is 0 Å². The van der Waals surface area contributed by atoms with Gasteiger partial charge in [-0.1, -0.05) is 47.5 Å². The topological polar surface area (TPSA) is 40.6 Å². The van der Waals surface area contributed by atoms with E-state index >= 15 is 0 Å². The van der Waals surface area contributed by atoms with Gasteiger partial charge in [-0.15, -0.1) is 0 Å². The van der Waals surface area contributed by atoms with Crippen molar-refractivity contribution >= 4 is 34.9 Å². The average molecular weight is 471 g/mol. The largest absolute Gasteiger partial charge is 0.336 e. The first-order chi connectivity index (χ1) is 15.4. The highest BCUT2D eigenvalue weighted by Gasteiger charge is 2.26. The second-order valence-corrected chi connectivity index (χ2v) is 8.53. The quantitative estimate of drug-likeness (QED) is 0.473. The fourth-order valence-electron chi connectivity index (χ4n) is 3.79. The second kappa shape index (κ2) is 9.82. The third kappa shape index (κ3) is 5.01. The van der Waals surface area contributed by atoms with Crippen molar-refractivity contribution < 1.29 is 14.0 Å². The van der Waals surface area contributed by atoms with E-state index in [1.165, 1.54) is 12.1 Å². The molecule has 0 radical (unpaired) electrons. The second-order valence-electron chi connectivity index (χ2n) is 7.69. The molecule has 7 heteroatoms. The van der Waals surface area contributed by atoms with E-state index in [4.69, 9.17) is 23.2 Å². The van der Waals surface area contributed by atoms with Crippen LogP contribution in [0.25, 0.3) is 0 Å². The lowest BCUT2D eigenvalue weighted by atomic mass is 9.97. The molecule has 164 valence electrons. The van der Waals surface area contributed by atoms with Crippen molar-refractivity contribution in [3.8, 4) is 0 Å². The number of hydrogen-bond donors (Lipinski definition) is 0. The Morgan fingerprint density at radius 2 is 1.50 bits per heavy atom. The summed E-state index contributed by atoms with van der Waals surface area (Å²) < 4.78 is 13.3. The molecule has 0 N–H and O–H groups in total. The normalized spacial score (nSPS) is 14.4. The van der Waals surface area contributed by atoms with Crippen LogP contribution in [-0.4, -0.2) is 47.7 Å². The molecule has 4 rings (SSSR count). The molecule has 0 aromatic heterocycles. The minimum absolute atomic E-state index is 0.164. The number of amides is 1. The molecule has 0 unspecified atom stereocenters. The Morgan fingerprint density at radius 3 is 2.16 bits per heavy atom. The molecule has 0 aliphatic carbocycles. The lowest BCUT2D eigenvalue weighted by Gasteiger charge is -2.35. The van der Waals surface area contributed by atoms with Crippen molar-refractivity contribution in [2.45, 2.75) is 6.54 Å². The molecule has 0 spiro atoms. The van der Waals surface area contributed by atoms with E-state index in [9.17, 15) is 14.0 Å².